The maximum Gasteiger partial charge on any atom is 0.191 e. The van der Waals surface area contributed by atoms with Crippen molar-refractivity contribution in [3.8, 4) is 0 Å². The second-order valence-corrected chi connectivity index (χ2v) is 6.19. The van der Waals surface area contributed by atoms with Gasteiger partial charge >= 0.3 is 0 Å². The summed E-state index contributed by atoms with van der Waals surface area (Å²) >= 11 is 7.58. The zero-order valence-electron chi connectivity index (χ0n) is 12.9. The molecule has 0 radical (unpaired) electrons. The summed E-state index contributed by atoms with van der Waals surface area (Å²) in [5.41, 5.74) is 2.31. The zero-order chi connectivity index (χ0) is 15.8. The van der Waals surface area contributed by atoms with Gasteiger partial charge < -0.3 is 10.6 Å². The largest absolute Gasteiger partial charge is 0.356 e. The molecule has 2 aromatic rings. The molecule has 0 amide bonds. The van der Waals surface area contributed by atoms with Crippen LogP contribution in [0.2, 0.25) is 5.02 Å². The summed E-state index contributed by atoms with van der Waals surface area (Å²) < 4.78 is 0. The first-order valence-corrected chi connectivity index (χ1v) is 8.59. The molecule has 4 nitrogen and oxygen atoms in total. The number of halogens is 1. The number of thiazole rings is 1. The molecule has 0 saturated heterocycles. The minimum absolute atomic E-state index is 0.692. The Balaban J connectivity index is 1.74. The fraction of sp³-hybridized carbons (Fsp3) is 0.375. The van der Waals surface area contributed by atoms with Crippen molar-refractivity contribution in [1.29, 1.82) is 0 Å². The lowest BCUT2D eigenvalue weighted by molar-refractivity contribution is 0.784. The number of hydrogen-bond donors (Lipinski definition) is 2. The molecule has 1 aromatic carbocycles. The molecule has 2 rings (SSSR count). The number of aliphatic imine (C=N–C) groups is 1. The van der Waals surface area contributed by atoms with E-state index in [9.17, 15) is 0 Å². The fourth-order valence-corrected chi connectivity index (χ4v) is 2.83. The van der Waals surface area contributed by atoms with Gasteiger partial charge in [-0.2, -0.15) is 0 Å². The van der Waals surface area contributed by atoms with Crippen LogP contribution in [0.1, 0.15) is 23.2 Å². The fourth-order valence-electron chi connectivity index (χ4n) is 1.96. The number of aromatic nitrogens is 1. The molecule has 6 heteroatoms. The van der Waals surface area contributed by atoms with E-state index in [0.29, 0.717) is 6.54 Å². The van der Waals surface area contributed by atoms with E-state index in [-0.39, 0.29) is 0 Å². The van der Waals surface area contributed by atoms with Crippen LogP contribution in [0.5, 0.6) is 0 Å². The summed E-state index contributed by atoms with van der Waals surface area (Å²) in [6, 6.07) is 7.92. The van der Waals surface area contributed by atoms with E-state index in [1.807, 2.05) is 24.3 Å². The summed E-state index contributed by atoms with van der Waals surface area (Å²) in [6.45, 7) is 3.63. The minimum atomic E-state index is 0.692. The normalized spacial score (nSPS) is 11.5. The van der Waals surface area contributed by atoms with Gasteiger partial charge in [0.1, 0.15) is 0 Å². The highest BCUT2D eigenvalue weighted by molar-refractivity contribution is 7.09. The van der Waals surface area contributed by atoms with Crippen LogP contribution < -0.4 is 10.6 Å². The molecule has 0 bridgehead atoms. The molecule has 1 heterocycles. The van der Waals surface area contributed by atoms with Crippen molar-refractivity contribution in [2.75, 3.05) is 13.6 Å². The minimum Gasteiger partial charge on any atom is -0.356 e. The lowest BCUT2D eigenvalue weighted by atomic mass is 10.1. The highest BCUT2D eigenvalue weighted by Crippen LogP contribution is 2.10. The monoisotopic (exact) mass is 336 g/mol. The van der Waals surface area contributed by atoms with Crippen LogP contribution in [0.25, 0.3) is 0 Å². The first-order valence-electron chi connectivity index (χ1n) is 7.33. The van der Waals surface area contributed by atoms with Crippen molar-refractivity contribution in [3.63, 3.8) is 0 Å². The van der Waals surface area contributed by atoms with E-state index in [2.05, 4.69) is 32.9 Å². The summed E-state index contributed by atoms with van der Waals surface area (Å²) in [6.07, 6.45) is 1.91. The summed E-state index contributed by atoms with van der Waals surface area (Å²) in [5, 5.41) is 10.6. The Kier molecular flexibility index (Phi) is 6.68. The molecule has 2 N–H and O–H groups in total. The average Bonchev–Trinajstić information content (AvgIpc) is 3.00. The Morgan fingerprint density at radius 2 is 2.05 bits per heavy atom. The van der Waals surface area contributed by atoms with Gasteiger partial charge in [-0.15, -0.1) is 11.3 Å². The lowest BCUT2D eigenvalue weighted by Crippen LogP contribution is -2.37. The Labute approximate surface area is 140 Å². The second-order valence-electron chi connectivity index (χ2n) is 4.82. The highest BCUT2D eigenvalue weighted by atomic mass is 35.5. The van der Waals surface area contributed by atoms with Crippen molar-refractivity contribution >= 4 is 28.9 Å². The van der Waals surface area contributed by atoms with E-state index in [4.69, 9.17) is 11.6 Å². The molecule has 0 aliphatic carbocycles. The first-order chi connectivity index (χ1) is 10.7. The van der Waals surface area contributed by atoms with Gasteiger partial charge in [0.15, 0.2) is 5.96 Å². The number of hydrogen-bond acceptors (Lipinski definition) is 3. The molecule has 0 aliphatic rings. The van der Waals surface area contributed by atoms with E-state index in [1.165, 1.54) is 10.6 Å². The van der Waals surface area contributed by atoms with E-state index in [1.54, 1.807) is 18.4 Å². The van der Waals surface area contributed by atoms with Crippen LogP contribution in [-0.2, 0) is 19.4 Å². The standard InChI is InChI=1S/C16H21ClN4S/c1-3-15-21-14(11-22-15)10-20-16(18-2)19-9-8-12-4-6-13(17)7-5-12/h4-7,11H,3,8-10H2,1-2H3,(H2,18,19,20). The number of nitrogens with zero attached hydrogens (tertiary/aromatic N) is 2. The topological polar surface area (TPSA) is 49.3 Å². The molecular formula is C16H21ClN4S. The van der Waals surface area contributed by atoms with Crippen molar-refractivity contribution in [3.05, 3.63) is 50.9 Å². The SMILES string of the molecule is CCc1nc(CNC(=NC)NCCc2ccc(Cl)cc2)cs1. The van der Waals surface area contributed by atoms with Gasteiger partial charge in [-0.3, -0.25) is 4.99 Å². The van der Waals surface area contributed by atoms with Gasteiger partial charge in [-0.1, -0.05) is 30.7 Å². The molecule has 0 spiro atoms. The van der Waals surface area contributed by atoms with Crippen LogP contribution in [0.4, 0.5) is 0 Å². The number of nitrogens with one attached hydrogen (secondary N) is 2. The predicted molar refractivity (Wildman–Crippen MR) is 94.8 cm³/mol. The molecule has 0 fully saturated rings. The van der Waals surface area contributed by atoms with Crippen LogP contribution in [0, 0.1) is 0 Å². The van der Waals surface area contributed by atoms with E-state index >= 15 is 0 Å². The van der Waals surface area contributed by atoms with Crippen molar-refractivity contribution in [1.82, 2.24) is 15.6 Å². The lowest BCUT2D eigenvalue weighted by Gasteiger charge is -2.11. The zero-order valence-corrected chi connectivity index (χ0v) is 14.5. The van der Waals surface area contributed by atoms with Gasteiger partial charge in [-0.25, -0.2) is 4.98 Å². The van der Waals surface area contributed by atoms with E-state index in [0.717, 1.165) is 36.1 Å². The second kappa shape index (κ2) is 8.76. The number of guanidine groups is 1. The summed E-state index contributed by atoms with van der Waals surface area (Å²) in [4.78, 5) is 8.76. The van der Waals surface area contributed by atoms with Crippen molar-refractivity contribution < 1.29 is 0 Å². The van der Waals surface area contributed by atoms with Crippen molar-refractivity contribution in [2.45, 2.75) is 26.3 Å². The maximum atomic E-state index is 5.88. The Hall–Kier alpha value is -1.59. The van der Waals surface area contributed by atoms with Crippen LogP contribution in [0.3, 0.4) is 0 Å². The summed E-state index contributed by atoms with van der Waals surface area (Å²) in [7, 11) is 1.77. The van der Waals surface area contributed by atoms with Crippen LogP contribution in [0.15, 0.2) is 34.6 Å². The number of rotatable bonds is 6. The Morgan fingerprint density at radius 1 is 1.27 bits per heavy atom. The van der Waals surface area contributed by atoms with Gasteiger partial charge in [0.05, 0.1) is 17.2 Å². The van der Waals surface area contributed by atoms with Crippen LogP contribution in [-0.4, -0.2) is 24.5 Å². The highest BCUT2D eigenvalue weighted by Gasteiger charge is 2.02. The molecule has 0 unspecified atom stereocenters. The molecular weight excluding hydrogens is 316 g/mol. The van der Waals surface area contributed by atoms with Crippen LogP contribution >= 0.6 is 22.9 Å². The smallest absolute Gasteiger partial charge is 0.191 e. The third-order valence-corrected chi connectivity index (χ3v) is 4.48. The number of benzene rings is 1. The predicted octanol–water partition coefficient (Wildman–Crippen LogP) is 3.27. The maximum absolute atomic E-state index is 5.88. The van der Waals surface area contributed by atoms with Crippen molar-refractivity contribution in [2.24, 2.45) is 4.99 Å². The molecule has 1 aromatic heterocycles. The third kappa shape index (κ3) is 5.31. The van der Waals surface area contributed by atoms with Gasteiger partial charge in [-0.05, 0) is 30.5 Å². The molecule has 0 aliphatic heterocycles. The number of aryl methyl sites for hydroxylation is 1. The van der Waals surface area contributed by atoms with Gasteiger partial charge in [0.25, 0.3) is 0 Å². The third-order valence-electron chi connectivity index (χ3n) is 3.18. The quantitative estimate of drug-likeness (QED) is 0.628. The molecule has 118 valence electrons. The molecule has 22 heavy (non-hydrogen) atoms. The Morgan fingerprint density at radius 3 is 2.68 bits per heavy atom. The Bertz CT molecular complexity index is 607. The van der Waals surface area contributed by atoms with E-state index < -0.39 is 0 Å². The first kappa shape index (κ1) is 16.8. The summed E-state index contributed by atoms with van der Waals surface area (Å²) in [5.74, 6) is 0.792. The molecule has 0 saturated carbocycles. The average molecular weight is 337 g/mol. The van der Waals surface area contributed by atoms with Gasteiger partial charge in [0, 0.05) is 24.0 Å². The molecule has 0 atom stereocenters. The van der Waals surface area contributed by atoms with Gasteiger partial charge in [0.2, 0.25) is 0 Å².